The second-order valence-electron chi connectivity index (χ2n) is 17.5. The van der Waals surface area contributed by atoms with Crippen LogP contribution in [0.15, 0.2) is 146 Å². The first-order valence-electron chi connectivity index (χ1n) is 20.9. The van der Waals surface area contributed by atoms with Crippen LogP contribution in [0.4, 0.5) is 34.1 Å². The molecule has 0 unspecified atom stereocenters. The van der Waals surface area contributed by atoms with Gasteiger partial charge in [0.1, 0.15) is 0 Å². The predicted molar refractivity (Wildman–Crippen MR) is 245 cm³/mol. The summed E-state index contributed by atoms with van der Waals surface area (Å²) in [5, 5.41) is 137. The predicted octanol–water partition coefficient (Wildman–Crippen LogP) is 4.92. The maximum atomic E-state index is 11.4. The third-order valence-corrected chi connectivity index (χ3v) is 13.1. The van der Waals surface area contributed by atoms with Gasteiger partial charge in [-0.25, -0.2) is 0 Å². The number of nitrogens with zero attached hydrogens (tertiary/aromatic N) is 2. The van der Waals surface area contributed by atoms with E-state index in [2.05, 4.69) is 0 Å². The standard InChI is InChI=1S/C52H48N2O12/c1-29-5-13-33(14-6-29)53(34-15-7-30(2)8-16-34)37-21-23-39-41-27-46-42(28-45(41)47(43(39)25-37,49(55,56)57)50(58,59)60)40-24-22-38(26-44(40)48(46,51(61,62)63)52(64,65)66)54(35-17-9-31(3)10-18-35)36-19-11-32(4)12-20-36/h5-28,55-66H,1-4H3. The van der Waals surface area contributed by atoms with Crippen LogP contribution in [0.1, 0.15) is 44.5 Å². The lowest BCUT2D eigenvalue weighted by molar-refractivity contribution is -0.444. The van der Waals surface area contributed by atoms with Crippen molar-refractivity contribution in [3.05, 3.63) is 190 Å². The smallest absolute Gasteiger partial charge is 0.298 e. The maximum Gasteiger partial charge on any atom is 0.298 e. The molecule has 2 aliphatic carbocycles. The normalized spacial score (nSPS) is 14.9. The molecule has 0 aliphatic heterocycles. The molecule has 0 saturated heterocycles. The molecule has 0 saturated carbocycles. The van der Waals surface area contributed by atoms with Crippen molar-refractivity contribution >= 4 is 34.1 Å². The molecule has 14 heteroatoms. The highest BCUT2D eigenvalue weighted by atomic mass is 16.7. The Bertz CT molecular complexity index is 2670. The zero-order valence-electron chi connectivity index (χ0n) is 36.1. The Morgan fingerprint density at radius 3 is 0.712 bits per heavy atom. The fourth-order valence-electron chi connectivity index (χ4n) is 9.95. The first-order valence-corrected chi connectivity index (χ1v) is 20.9. The molecule has 0 heterocycles. The summed E-state index contributed by atoms with van der Waals surface area (Å²) in [6, 6.07) is 40.3. The summed E-state index contributed by atoms with van der Waals surface area (Å²) in [6.45, 7) is 7.63. The minimum atomic E-state index is -4.19. The summed E-state index contributed by atoms with van der Waals surface area (Å²) < 4.78 is 0. The van der Waals surface area contributed by atoms with E-state index in [0.29, 0.717) is 22.7 Å². The highest BCUT2D eigenvalue weighted by Crippen LogP contribution is 2.64. The Morgan fingerprint density at radius 2 is 0.485 bits per heavy atom. The van der Waals surface area contributed by atoms with Gasteiger partial charge in [0.05, 0.1) is 0 Å². The Morgan fingerprint density at radius 1 is 0.273 bits per heavy atom. The van der Waals surface area contributed by atoms with Crippen molar-refractivity contribution in [1.29, 1.82) is 0 Å². The molecule has 7 aromatic rings. The second kappa shape index (κ2) is 15.1. The van der Waals surface area contributed by atoms with Crippen LogP contribution in [-0.2, 0) is 10.8 Å². The van der Waals surface area contributed by atoms with E-state index < -0.39 is 57.0 Å². The van der Waals surface area contributed by atoms with Gasteiger partial charge < -0.3 is 71.1 Å². The van der Waals surface area contributed by atoms with Crippen LogP contribution in [0.25, 0.3) is 22.3 Å². The minimum Gasteiger partial charge on any atom is -0.342 e. The molecule has 0 aromatic heterocycles. The number of rotatable bonds is 10. The summed E-state index contributed by atoms with van der Waals surface area (Å²) in [6.07, 6.45) is 0. The molecule has 14 nitrogen and oxygen atoms in total. The van der Waals surface area contributed by atoms with Gasteiger partial charge in [0.15, 0.2) is 10.8 Å². The van der Waals surface area contributed by atoms with Gasteiger partial charge in [0.25, 0.3) is 23.9 Å². The Hall–Kier alpha value is -6.34. The van der Waals surface area contributed by atoms with Crippen molar-refractivity contribution in [3.8, 4) is 22.3 Å². The fraction of sp³-hybridized carbons (Fsp3) is 0.192. The lowest BCUT2D eigenvalue weighted by Gasteiger charge is -2.45. The monoisotopic (exact) mass is 892 g/mol. The molecule has 0 radical (unpaired) electrons. The van der Waals surface area contributed by atoms with Crippen LogP contribution >= 0.6 is 0 Å². The molecule has 9 rings (SSSR count). The van der Waals surface area contributed by atoms with E-state index in [1.54, 1.807) is 21.9 Å². The zero-order valence-corrected chi connectivity index (χ0v) is 36.1. The van der Waals surface area contributed by atoms with Crippen molar-refractivity contribution in [3.63, 3.8) is 0 Å². The first-order chi connectivity index (χ1) is 30.9. The average Bonchev–Trinajstić information content (AvgIpc) is 3.70. The Labute approximate surface area is 378 Å². The summed E-state index contributed by atoms with van der Waals surface area (Å²) in [5.74, 6) is -16.8. The van der Waals surface area contributed by atoms with Crippen LogP contribution in [-0.4, -0.2) is 85.2 Å². The van der Waals surface area contributed by atoms with Gasteiger partial charge in [0, 0.05) is 34.1 Å². The molecule has 12 N–H and O–H groups in total. The molecular weight excluding hydrogens is 845 g/mol. The second-order valence-corrected chi connectivity index (χ2v) is 17.5. The van der Waals surface area contributed by atoms with Crippen molar-refractivity contribution in [1.82, 2.24) is 0 Å². The molecule has 2 aliphatic rings. The summed E-state index contributed by atoms with van der Waals surface area (Å²) >= 11 is 0. The number of hydrogen-bond acceptors (Lipinski definition) is 14. The van der Waals surface area contributed by atoms with Crippen molar-refractivity contribution < 1.29 is 61.3 Å². The number of anilines is 6. The number of hydrogen-bond donors (Lipinski definition) is 12. The SMILES string of the molecule is Cc1ccc(N(c2ccc(C)cc2)c2ccc3c(c2)C(C(O)(O)O)(C(O)(O)O)c2cc4c(cc2-3)C(C(O)(O)O)(C(O)(O)O)c2cc(N(c3ccc(C)cc3)c3ccc(C)cc3)ccc2-4)cc1. The van der Waals surface area contributed by atoms with Crippen LogP contribution in [0.5, 0.6) is 0 Å². The minimum absolute atomic E-state index is 0.0957. The number of benzene rings is 7. The van der Waals surface area contributed by atoms with Gasteiger partial charge in [-0.05, 0) is 157 Å². The molecule has 0 amide bonds. The molecule has 338 valence electrons. The molecule has 7 aromatic carbocycles. The number of aliphatic hydroxyl groups is 12. The molecule has 0 spiro atoms. The lowest BCUT2D eigenvalue weighted by Crippen LogP contribution is -2.66. The average molecular weight is 893 g/mol. The van der Waals surface area contributed by atoms with Gasteiger partial charge >= 0.3 is 0 Å². The number of aryl methyl sites for hydroxylation is 4. The molecule has 66 heavy (non-hydrogen) atoms. The van der Waals surface area contributed by atoms with Gasteiger partial charge in [-0.2, -0.15) is 0 Å². The van der Waals surface area contributed by atoms with E-state index in [-0.39, 0.29) is 33.6 Å². The van der Waals surface area contributed by atoms with Crippen LogP contribution < -0.4 is 9.80 Å². The van der Waals surface area contributed by atoms with E-state index >= 15 is 0 Å². The van der Waals surface area contributed by atoms with Crippen molar-refractivity contribution in [2.45, 2.75) is 62.4 Å². The summed E-state index contributed by atoms with van der Waals surface area (Å²) in [4.78, 5) is 3.53. The fourth-order valence-corrected chi connectivity index (χ4v) is 9.95. The van der Waals surface area contributed by atoms with Crippen LogP contribution in [0.3, 0.4) is 0 Å². The van der Waals surface area contributed by atoms with Gasteiger partial charge in [-0.1, -0.05) is 82.9 Å². The van der Waals surface area contributed by atoms with Crippen molar-refractivity contribution in [2.75, 3.05) is 9.80 Å². The highest BCUT2D eigenvalue weighted by Gasteiger charge is 2.72. The first kappa shape index (κ1) is 44.8. The molecule has 0 atom stereocenters. The highest BCUT2D eigenvalue weighted by molar-refractivity contribution is 5.94. The molecule has 0 bridgehead atoms. The van der Waals surface area contributed by atoms with Gasteiger partial charge in [-0.3, -0.25) is 0 Å². The van der Waals surface area contributed by atoms with Crippen LogP contribution in [0, 0.1) is 27.7 Å². The zero-order chi connectivity index (χ0) is 47.5. The largest absolute Gasteiger partial charge is 0.342 e. The Kier molecular flexibility index (Phi) is 10.3. The van der Waals surface area contributed by atoms with E-state index in [1.165, 1.54) is 24.3 Å². The van der Waals surface area contributed by atoms with E-state index in [9.17, 15) is 61.3 Å². The molecule has 0 fully saturated rings. The van der Waals surface area contributed by atoms with E-state index in [0.717, 1.165) is 34.4 Å². The molecular formula is C52H48N2O12. The topological polar surface area (TPSA) is 249 Å². The lowest BCUT2D eigenvalue weighted by atomic mass is 9.70. The quantitative estimate of drug-likeness (QED) is 0.0816. The Balaban J connectivity index is 1.33. The van der Waals surface area contributed by atoms with Crippen molar-refractivity contribution in [2.24, 2.45) is 0 Å². The van der Waals surface area contributed by atoms with E-state index in [4.69, 9.17) is 0 Å². The maximum absolute atomic E-state index is 11.4. The van der Waals surface area contributed by atoms with Gasteiger partial charge in [-0.15, -0.1) is 0 Å². The third kappa shape index (κ3) is 6.59. The van der Waals surface area contributed by atoms with Gasteiger partial charge in [0.2, 0.25) is 0 Å². The summed E-state index contributed by atoms with van der Waals surface area (Å²) in [7, 11) is 0. The third-order valence-electron chi connectivity index (χ3n) is 13.1. The summed E-state index contributed by atoms with van der Waals surface area (Å²) in [5.41, 5.74) is -2.58. The van der Waals surface area contributed by atoms with Crippen LogP contribution in [0.2, 0.25) is 0 Å². The number of fused-ring (bicyclic) bond motifs is 6. The van der Waals surface area contributed by atoms with E-state index in [1.807, 2.05) is 125 Å².